The molecule has 8 heteroatoms. The van der Waals surface area contributed by atoms with E-state index < -0.39 is 0 Å². The highest BCUT2D eigenvalue weighted by molar-refractivity contribution is 5.76. The van der Waals surface area contributed by atoms with Gasteiger partial charge in [0.1, 0.15) is 17.4 Å². The number of rotatable bonds is 9. The maximum Gasteiger partial charge on any atom is 0.220 e. The number of nitrogens with zero attached hydrogens (tertiary/aromatic N) is 4. The molecule has 0 saturated heterocycles. The van der Waals surface area contributed by atoms with Crippen molar-refractivity contribution < 1.29 is 9.53 Å². The van der Waals surface area contributed by atoms with E-state index in [-0.39, 0.29) is 5.91 Å². The smallest absolute Gasteiger partial charge is 0.220 e. The zero-order chi connectivity index (χ0) is 21.5. The number of nitrogens with one attached hydrogen (secondary N) is 2. The van der Waals surface area contributed by atoms with E-state index in [0.717, 1.165) is 28.5 Å². The number of ether oxygens (including phenoxy) is 1. The van der Waals surface area contributed by atoms with Crippen molar-refractivity contribution in [3.8, 4) is 11.6 Å². The molecule has 2 aromatic heterocycles. The highest BCUT2D eigenvalue weighted by atomic mass is 16.5. The first-order valence-corrected chi connectivity index (χ1v) is 9.97. The van der Waals surface area contributed by atoms with E-state index in [1.807, 2.05) is 57.2 Å². The molecule has 0 radical (unpaired) electrons. The molecule has 0 fully saturated rings. The van der Waals surface area contributed by atoms with Crippen LogP contribution in [-0.4, -0.2) is 45.9 Å². The van der Waals surface area contributed by atoms with Crippen LogP contribution in [0, 0.1) is 20.8 Å². The van der Waals surface area contributed by atoms with Crippen molar-refractivity contribution in [1.29, 1.82) is 0 Å². The van der Waals surface area contributed by atoms with Crippen LogP contribution in [0.2, 0.25) is 0 Å². The van der Waals surface area contributed by atoms with Crippen molar-refractivity contribution in [2.75, 3.05) is 25.5 Å². The first kappa shape index (κ1) is 21.3. The number of anilines is 1. The predicted molar refractivity (Wildman–Crippen MR) is 116 cm³/mol. The zero-order valence-electron chi connectivity index (χ0n) is 17.9. The Labute approximate surface area is 176 Å². The number of aromatic nitrogens is 4. The minimum atomic E-state index is 0.0230. The Morgan fingerprint density at radius 2 is 1.83 bits per heavy atom. The molecule has 0 saturated carbocycles. The summed E-state index contributed by atoms with van der Waals surface area (Å²) in [7, 11) is 1.64. The molecule has 158 valence electrons. The van der Waals surface area contributed by atoms with Crippen molar-refractivity contribution in [1.82, 2.24) is 25.1 Å². The summed E-state index contributed by atoms with van der Waals surface area (Å²) < 4.78 is 6.95. The Balaban J connectivity index is 1.45. The normalized spacial score (nSPS) is 10.7. The SMILES string of the molecule is COc1ccc(CCC(=O)NCCNc2cc(-n3nc(C)cc3C)nc(C)n2)cc1. The van der Waals surface area contributed by atoms with Gasteiger partial charge in [0.15, 0.2) is 5.82 Å². The van der Waals surface area contributed by atoms with Gasteiger partial charge in [0.25, 0.3) is 0 Å². The van der Waals surface area contributed by atoms with Gasteiger partial charge in [0, 0.05) is 31.3 Å². The number of carbonyl (C=O) groups excluding carboxylic acids is 1. The lowest BCUT2D eigenvalue weighted by atomic mass is 10.1. The summed E-state index contributed by atoms with van der Waals surface area (Å²) in [6.07, 6.45) is 1.14. The molecule has 0 aliphatic carbocycles. The van der Waals surface area contributed by atoms with E-state index in [1.165, 1.54) is 0 Å². The number of aryl methyl sites for hydroxylation is 4. The predicted octanol–water partition coefficient (Wildman–Crippen LogP) is 2.76. The molecule has 0 unspecified atom stereocenters. The van der Waals surface area contributed by atoms with Gasteiger partial charge in [-0.15, -0.1) is 0 Å². The molecule has 3 rings (SSSR count). The molecule has 0 atom stereocenters. The van der Waals surface area contributed by atoms with Crippen LogP contribution in [0.15, 0.2) is 36.4 Å². The van der Waals surface area contributed by atoms with Crippen LogP contribution >= 0.6 is 0 Å². The molecule has 0 aliphatic rings. The highest BCUT2D eigenvalue weighted by Crippen LogP contribution is 2.14. The number of amides is 1. The lowest BCUT2D eigenvalue weighted by Crippen LogP contribution is -2.29. The van der Waals surface area contributed by atoms with E-state index in [4.69, 9.17) is 4.74 Å². The third-order valence-corrected chi connectivity index (χ3v) is 4.60. The lowest BCUT2D eigenvalue weighted by molar-refractivity contribution is -0.120. The largest absolute Gasteiger partial charge is 0.497 e. The number of hydrogen-bond acceptors (Lipinski definition) is 6. The number of hydrogen-bond donors (Lipinski definition) is 2. The Morgan fingerprint density at radius 3 is 2.50 bits per heavy atom. The van der Waals surface area contributed by atoms with Crippen molar-refractivity contribution in [2.24, 2.45) is 0 Å². The van der Waals surface area contributed by atoms with Crippen molar-refractivity contribution >= 4 is 11.7 Å². The first-order valence-electron chi connectivity index (χ1n) is 9.97. The molecule has 1 amide bonds. The molecular weight excluding hydrogens is 380 g/mol. The van der Waals surface area contributed by atoms with Crippen LogP contribution in [0.5, 0.6) is 5.75 Å². The van der Waals surface area contributed by atoms with Gasteiger partial charge in [-0.25, -0.2) is 14.6 Å². The minimum Gasteiger partial charge on any atom is -0.497 e. The van der Waals surface area contributed by atoms with Crippen LogP contribution < -0.4 is 15.4 Å². The number of benzene rings is 1. The third kappa shape index (κ3) is 5.79. The third-order valence-electron chi connectivity index (χ3n) is 4.60. The number of carbonyl (C=O) groups is 1. The molecular formula is C22H28N6O2. The van der Waals surface area contributed by atoms with Crippen molar-refractivity contribution in [2.45, 2.75) is 33.6 Å². The van der Waals surface area contributed by atoms with Crippen LogP contribution in [0.3, 0.4) is 0 Å². The maximum absolute atomic E-state index is 12.1. The van der Waals surface area contributed by atoms with Gasteiger partial charge in [-0.2, -0.15) is 5.10 Å². The Hall–Kier alpha value is -3.42. The van der Waals surface area contributed by atoms with Gasteiger partial charge in [-0.1, -0.05) is 12.1 Å². The topological polar surface area (TPSA) is 94.0 Å². The summed E-state index contributed by atoms with van der Waals surface area (Å²) in [6, 6.07) is 11.6. The second kappa shape index (κ2) is 9.87. The Bertz CT molecular complexity index is 997. The van der Waals surface area contributed by atoms with Crippen LogP contribution in [0.1, 0.15) is 29.2 Å². The highest BCUT2D eigenvalue weighted by Gasteiger charge is 2.08. The minimum absolute atomic E-state index is 0.0230. The molecule has 2 heterocycles. The standard InChI is InChI=1S/C22H28N6O2/c1-15-13-16(2)28(27-15)21-14-20(25-17(3)26-21)23-11-12-24-22(29)10-7-18-5-8-19(30-4)9-6-18/h5-6,8-9,13-14H,7,10-12H2,1-4H3,(H,24,29)(H,23,25,26). The summed E-state index contributed by atoms with van der Waals surface area (Å²) in [4.78, 5) is 21.0. The molecule has 0 spiro atoms. The summed E-state index contributed by atoms with van der Waals surface area (Å²) >= 11 is 0. The summed E-state index contributed by atoms with van der Waals surface area (Å²) in [5, 5.41) is 10.6. The van der Waals surface area contributed by atoms with E-state index in [2.05, 4.69) is 25.7 Å². The Kier molecular flexibility index (Phi) is 7.00. The van der Waals surface area contributed by atoms with Crippen LogP contribution in [0.25, 0.3) is 5.82 Å². The average molecular weight is 409 g/mol. The summed E-state index contributed by atoms with van der Waals surface area (Å²) in [6.45, 7) is 6.88. The summed E-state index contributed by atoms with van der Waals surface area (Å²) in [5.74, 6) is 2.92. The van der Waals surface area contributed by atoms with Crippen molar-refractivity contribution in [3.63, 3.8) is 0 Å². The molecule has 3 aromatic rings. The van der Waals surface area contributed by atoms with E-state index >= 15 is 0 Å². The quantitative estimate of drug-likeness (QED) is 0.529. The van der Waals surface area contributed by atoms with E-state index in [9.17, 15) is 4.79 Å². The molecule has 0 aliphatic heterocycles. The van der Waals surface area contributed by atoms with Gasteiger partial charge in [-0.3, -0.25) is 4.79 Å². The fraction of sp³-hybridized carbons (Fsp3) is 0.364. The molecule has 2 N–H and O–H groups in total. The second-order valence-corrected chi connectivity index (χ2v) is 7.12. The second-order valence-electron chi connectivity index (χ2n) is 7.12. The van der Waals surface area contributed by atoms with E-state index in [0.29, 0.717) is 37.6 Å². The monoisotopic (exact) mass is 408 g/mol. The fourth-order valence-corrected chi connectivity index (χ4v) is 3.14. The van der Waals surface area contributed by atoms with Gasteiger partial charge >= 0.3 is 0 Å². The van der Waals surface area contributed by atoms with E-state index in [1.54, 1.807) is 11.8 Å². The fourth-order valence-electron chi connectivity index (χ4n) is 3.14. The maximum atomic E-state index is 12.1. The number of methoxy groups -OCH3 is 1. The molecule has 1 aromatic carbocycles. The first-order chi connectivity index (χ1) is 14.4. The van der Waals surface area contributed by atoms with Gasteiger partial charge in [0.05, 0.1) is 12.8 Å². The molecule has 0 bridgehead atoms. The van der Waals surface area contributed by atoms with Crippen molar-refractivity contribution in [3.05, 3.63) is 59.2 Å². The van der Waals surface area contributed by atoms with Gasteiger partial charge < -0.3 is 15.4 Å². The average Bonchev–Trinajstić information content (AvgIpc) is 3.07. The molecule has 8 nitrogen and oxygen atoms in total. The van der Waals surface area contributed by atoms with Crippen LogP contribution in [-0.2, 0) is 11.2 Å². The van der Waals surface area contributed by atoms with Crippen LogP contribution in [0.4, 0.5) is 5.82 Å². The Morgan fingerprint density at radius 1 is 1.07 bits per heavy atom. The van der Waals surface area contributed by atoms with Gasteiger partial charge in [0.2, 0.25) is 5.91 Å². The summed E-state index contributed by atoms with van der Waals surface area (Å²) in [5.41, 5.74) is 3.06. The lowest BCUT2D eigenvalue weighted by Gasteiger charge is -2.10. The zero-order valence-corrected chi connectivity index (χ0v) is 17.9. The molecule has 30 heavy (non-hydrogen) atoms. The van der Waals surface area contributed by atoms with Gasteiger partial charge in [-0.05, 0) is 51.0 Å².